The maximum atomic E-state index is 12.1. The van der Waals surface area contributed by atoms with Crippen molar-refractivity contribution in [2.24, 2.45) is 5.92 Å². The van der Waals surface area contributed by atoms with Crippen molar-refractivity contribution in [3.05, 3.63) is 35.9 Å². The van der Waals surface area contributed by atoms with Gasteiger partial charge in [-0.05, 0) is 12.5 Å². The number of nitrogens with one attached hydrogen (secondary N) is 2. The van der Waals surface area contributed by atoms with Gasteiger partial charge in [0.05, 0.1) is 12.5 Å². The first-order valence-electron chi connectivity index (χ1n) is 7.01. The lowest BCUT2D eigenvalue weighted by molar-refractivity contribution is -0.134. The molecule has 2 amide bonds. The van der Waals surface area contributed by atoms with Crippen LogP contribution in [0, 0.1) is 5.92 Å². The number of hydrogen-bond acceptors (Lipinski definition) is 3. The molecule has 1 fully saturated rings. The Labute approximate surface area is 131 Å². The molecule has 116 valence electrons. The zero-order valence-corrected chi connectivity index (χ0v) is 13.0. The van der Waals surface area contributed by atoms with Crippen LogP contribution in [0.1, 0.15) is 12.5 Å². The Balaban J connectivity index is 0.00000220. The smallest absolute Gasteiger partial charge is 0.242 e. The van der Waals surface area contributed by atoms with E-state index in [0.29, 0.717) is 26.2 Å². The summed E-state index contributed by atoms with van der Waals surface area (Å²) in [5.41, 5.74) is 1.09. The molecule has 0 saturated carbocycles. The number of halogens is 1. The van der Waals surface area contributed by atoms with Crippen LogP contribution in [0.2, 0.25) is 0 Å². The largest absolute Gasteiger partial charge is 0.347 e. The van der Waals surface area contributed by atoms with Crippen molar-refractivity contribution in [3.63, 3.8) is 0 Å². The Kier molecular flexibility index (Phi) is 7.19. The van der Waals surface area contributed by atoms with Crippen LogP contribution < -0.4 is 10.6 Å². The van der Waals surface area contributed by atoms with Crippen molar-refractivity contribution in [2.75, 3.05) is 26.2 Å². The summed E-state index contributed by atoms with van der Waals surface area (Å²) in [6, 6.07) is 9.86. The molecule has 1 aliphatic heterocycles. The molecule has 0 aromatic heterocycles. The number of carbonyl (C=O) groups excluding carboxylic acids is 2. The summed E-state index contributed by atoms with van der Waals surface area (Å²) in [7, 11) is 0. The van der Waals surface area contributed by atoms with Gasteiger partial charge in [-0.3, -0.25) is 9.59 Å². The van der Waals surface area contributed by atoms with E-state index in [-0.39, 0.29) is 36.7 Å². The van der Waals surface area contributed by atoms with E-state index in [2.05, 4.69) is 10.6 Å². The summed E-state index contributed by atoms with van der Waals surface area (Å²) in [5, 5.41) is 5.75. The van der Waals surface area contributed by atoms with Crippen molar-refractivity contribution < 1.29 is 9.59 Å². The zero-order chi connectivity index (χ0) is 14.4. The summed E-state index contributed by atoms with van der Waals surface area (Å²) < 4.78 is 0. The summed E-state index contributed by atoms with van der Waals surface area (Å²) >= 11 is 0. The third kappa shape index (κ3) is 5.02. The summed E-state index contributed by atoms with van der Waals surface area (Å²) in [5.74, 6) is -0.0585. The summed E-state index contributed by atoms with van der Waals surface area (Å²) in [4.78, 5) is 25.5. The van der Waals surface area contributed by atoms with Crippen LogP contribution in [0.3, 0.4) is 0 Å². The van der Waals surface area contributed by atoms with Crippen LogP contribution in [-0.2, 0) is 16.1 Å². The fourth-order valence-corrected chi connectivity index (χ4v) is 2.07. The van der Waals surface area contributed by atoms with Gasteiger partial charge in [-0.1, -0.05) is 30.3 Å². The Morgan fingerprint density at radius 2 is 1.95 bits per heavy atom. The second-order valence-corrected chi connectivity index (χ2v) is 4.97. The van der Waals surface area contributed by atoms with Crippen molar-refractivity contribution in [1.82, 2.24) is 15.5 Å². The van der Waals surface area contributed by atoms with Gasteiger partial charge in [0, 0.05) is 26.2 Å². The molecule has 0 atom stereocenters. The highest BCUT2D eigenvalue weighted by atomic mass is 35.5. The predicted molar refractivity (Wildman–Crippen MR) is 84.2 cm³/mol. The highest BCUT2D eigenvalue weighted by Crippen LogP contribution is 2.05. The minimum atomic E-state index is -0.0445. The lowest BCUT2D eigenvalue weighted by Crippen LogP contribution is -2.52. The first-order valence-corrected chi connectivity index (χ1v) is 7.01. The molecule has 2 rings (SSSR count). The maximum absolute atomic E-state index is 12.1. The number of nitrogens with zero attached hydrogens (tertiary/aromatic N) is 1. The lowest BCUT2D eigenvalue weighted by atomic mass is 10.0. The van der Waals surface area contributed by atoms with Gasteiger partial charge in [0.1, 0.15) is 0 Å². The van der Waals surface area contributed by atoms with Gasteiger partial charge in [0.2, 0.25) is 11.8 Å². The quantitative estimate of drug-likeness (QED) is 0.816. The number of rotatable bonds is 6. The molecular weight excluding hydrogens is 290 g/mol. The first-order chi connectivity index (χ1) is 9.70. The second kappa shape index (κ2) is 8.64. The molecule has 2 N–H and O–H groups in total. The van der Waals surface area contributed by atoms with Crippen LogP contribution in [0.4, 0.5) is 0 Å². The van der Waals surface area contributed by atoms with Crippen molar-refractivity contribution in [3.8, 4) is 0 Å². The maximum Gasteiger partial charge on any atom is 0.242 e. The Morgan fingerprint density at radius 3 is 2.48 bits per heavy atom. The van der Waals surface area contributed by atoms with Gasteiger partial charge < -0.3 is 15.5 Å². The van der Waals surface area contributed by atoms with Gasteiger partial charge in [0.15, 0.2) is 0 Å². The highest BCUT2D eigenvalue weighted by molar-refractivity contribution is 5.86. The van der Waals surface area contributed by atoms with E-state index >= 15 is 0 Å². The fourth-order valence-electron chi connectivity index (χ4n) is 2.07. The van der Waals surface area contributed by atoms with E-state index in [1.165, 1.54) is 0 Å². The normalized spacial score (nSPS) is 13.8. The van der Waals surface area contributed by atoms with E-state index in [1.807, 2.05) is 37.3 Å². The molecule has 1 aromatic carbocycles. The molecule has 1 heterocycles. The fraction of sp³-hybridized carbons (Fsp3) is 0.467. The van der Waals surface area contributed by atoms with Gasteiger partial charge in [0.25, 0.3) is 0 Å². The van der Waals surface area contributed by atoms with E-state index in [9.17, 15) is 9.59 Å². The van der Waals surface area contributed by atoms with E-state index in [1.54, 1.807) is 4.90 Å². The molecule has 1 saturated heterocycles. The molecule has 0 unspecified atom stereocenters. The van der Waals surface area contributed by atoms with Gasteiger partial charge in [-0.2, -0.15) is 0 Å². The summed E-state index contributed by atoms with van der Waals surface area (Å²) in [6.07, 6.45) is 0. The number of hydrogen-bond donors (Lipinski definition) is 2. The molecule has 1 aromatic rings. The van der Waals surface area contributed by atoms with E-state index in [4.69, 9.17) is 0 Å². The molecule has 0 aliphatic carbocycles. The van der Waals surface area contributed by atoms with Gasteiger partial charge >= 0.3 is 0 Å². The van der Waals surface area contributed by atoms with Crippen LogP contribution in [-0.4, -0.2) is 42.9 Å². The Hall–Kier alpha value is -1.59. The molecule has 6 heteroatoms. The average molecular weight is 312 g/mol. The molecule has 0 bridgehead atoms. The first kappa shape index (κ1) is 17.5. The Morgan fingerprint density at radius 1 is 1.29 bits per heavy atom. The number of carbonyl (C=O) groups is 2. The lowest BCUT2D eigenvalue weighted by Gasteiger charge is -2.26. The number of likely N-dealkylation sites (N-methyl/N-ethyl adjacent to an activating group) is 1. The van der Waals surface area contributed by atoms with Crippen LogP contribution in [0.25, 0.3) is 0 Å². The molecular formula is C15H22ClN3O2. The molecule has 1 aliphatic rings. The average Bonchev–Trinajstić information content (AvgIpc) is 2.41. The van der Waals surface area contributed by atoms with Crippen LogP contribution in [0.5, 0.6) is 0 Å². The SMILES string of the molecule is CCN(Cc1ccccc1)C(=O)CNC(=O)C1CNC1.Cl. The van der Waals surface area contributed by atoms with Gasteiger partial charge in [-0.25, -0.2) is 0 Å². The van der Waals surface area contributed by atoms with E-state index < -0.39 is 0 Å². The zero-order valence-electron chi connectivity index (χ0n) is 12.2. The number of benzene rings is 1. The Bertz CT molecular complexity index is 463. The standard InChI is InChI=1S/C15H21N3O2.ClH/c1-2-18(11-12-6-4-3-5-7-12)14(19)10-17-15(20)13-8-16-9-13;/h3-7,13,16H,2,8-11H2,1H3,(H,17,20);1H. The molecule has 0 radical (unpaired) electrons. The van der Waals surface area contributed by atoms with Gasteiger partial charge in [-0.15, -0.1) is 12.4 Å². The van der Waals surface area contributed by atoms with Crippen LogP contribution >= 0.6 is 12.4 Å². The molecule has 5 nitrogen and oxygen atoms in total. The molecule has 0 spiro atoms. The van der Waals surface area contributed by atoms with Crippen molar-refractivity contribution in [1.29, 1.82) is 0 Å². The van der Waals surface area contributed by atoms with E-state index in [0.717, 1.165) is 5.56 Å². The highest BCUT2D eigenvalue weighted by Gasteiger charge is 2.25. The topological polar surface area (TPSA) is 61.4 Å². The second-order valence-electron chi connectivity index (χ2n) is 4.97. The summed E-state index contributed by atoms with van der Waals surface area (Å²) in [6.45, 7) is 4.66. The van der Waals surface area contributed by atoms with Crippen molar-refractivity contribution in [2.45, 2.75) is 13.5 Å². The van der Waals surface area contributed by atoms with Crippen LogP contribution in [0.15, 0.2) is 30.3 Å². The number of amides is 2. The third-order valence-corrected chi connectivity index (χ3v) is 3.52. The monoisotopic (exact) mass is 311 g/mol. The van der Waals surface area contributed by atoms with Crippen molar-refractivity contribution >= 4 is 24.2 Å². The predicted octanol–water partition coefficient (Wildman–Crippen LogP) is 0.792. The minimum Gasteiger partial charge on any atom is -0.347 e. The minimum absolute atomic E-state index is 0. The third-order valence-electron chi connectivity index (χ3n) is 3.52. The molecule has 21 heavy (non-hydrogen) atoms.